The molecule has 3 atom stereocenters. The van der Waals surface area contributed by atoms with Crippen molar-refractivity contribution in [2.24, 2.45) is 11.8 Å². The summed E-state index contributed by atoms with van der Waals surface area (Å²) in [5.74, 6) is 0.917. The minimum atomic E-state index is -0.0716. The number of aryl methyl sites for hydroxylation is 4. The van der Waals surface area contributed by atoms with E-state index in [0.29, 0.717) is 29.6 Å². The van der Waals surface area contributed by atoms with Crippen LogP contribution in [0.15, 0.2) is 42.5 Å². The number of likely N-dealkylation sites (tertiary alicyclic amines) is 1. The average molecular weight is 460 g/mol. The molecule has 1 aromatic heterocycles. The van der Waals surface area contributed by atoms with Crippen LogP contribution in [0, 0.1) is 39.5 Å². The smallest absolute Gasteiger partial charge is 0.274 e. The maximum atomic E-state index is 13.7. The van der Waals surface area contributed by atoms with Gasteiger partial charge in [-0.05, 0) is 63.1 Å². The van der Waals surface area contributed by atoms with Crippen molar-refractivity contribution in [2.75, 3.05) is 13.1 Å². The topological polar surface area (TPSA) is 62.3 Å². The fraction of sp³-hybridized carbons (Fsp3) is 0.370. The number of thiazole rings is 1. The minimum absolute atomic E-state index is 0.0175. The lowest BCUT2D eigenvalue weighted by Gasteiger charge is -2.27. The number of carbonyl (C=O) groups excluding carboxylic acids is 2. The second kappa shape index (κ2) is 8.41. The first kappa shape index (κ1) is 21.8. The second-order valence-corrected chi connectivity index (χ2v) is 10.7. The maximum Gasteiger partial charge on any atom is 0.274 e. The van der Waals surface area contributed by atoms with Gasteiger partial charge >= 0.3 is 0 Å². The first-order chi connectivity index (χ1) is 15.8. The van der Waals surface area contributed by atoms with Crippen molar-refractivity contribution in [1.29, 1.82) is 0 Å². The van der Waals surface area contributed by atoms with Crippen LogP contribution in [0.2, 0.25) is 0 Å². The van der Waals surface area contributed by atoms with Gasteiger partial charge in [0.25, 0.3) is 11.8 Å². The van der Waals surface area contributed by atoms with E-state index in [2.05, 4.69) is 29.4 Å². The third-order valence-electron chi connectivity index (χ3n) is 6.89. The molecule has 1 saturated carbocycles. The zero-order chi connectivity index (χ0) is 23.3. The number of rotatable bonds is 5. The largest absolute Gasteiger partial charge is 0.350 e. The van der Waals surface area contributed by atoms with Crippen LogP contribution in [0.4, 0.5) is 0 Å². The lowest BCUT2D eigenvalue weighted by molar-refractivity contribution is 0.0690. The molecule has 0 unspecified atom stereocenters. The summed E-state index contributed by atoms with van der Waals surface area (Å²) in [7, 11) is 0. The molecule has 2 amide bonds. The lowest BCUT2D eigenvalue weighted by Crippen LogP contribution is -2.45. The van der Waals surface area contributed by atoms with Gasteiger partial charge in [-0.3, -0.25) is 9.59 Å². The molecular formula is C27H29N3O2S. The number of fused-ring (bicyclic) bond motifs is 1. The van der Waals surface area contributed by atoms with Crippen molar-refractivity contribution in [3.63, 3.8) is 0 Å². The van der Waals surface area contributed by atoms with E-state index < -0.39 is 0 Å². The Morgan fingerprint density at radius 3 is 2.67 bits per heavy atom. The molecule has 2 aliphatic rings. The van der Waals surface area contributed by atoms with Gasteiger partial charge in [0.05, 0.1) is 15.9 Å². The molecule has 5 nitrogen and oxygen atoms in total. The molecule has 2 heterocycles. The second-order valence-electron chi connectivity index (χ2n) is 9.49. The van der Waals surface area contributed by atoms with Crippen molar-refractivity contribution < 1.29 is 9.59 Å². The highest BCUT2D eigenvalue weighted by Crippen LogP contribution is 2.50. The molecule has 2 aromatic carbocycles. The van der Waals surface area contributed by atoms with Crippen LogP contribution >= 0.6 is 11.3 Å². The Bertz CT molecular complexity index is 1250. The third kappa shape index (κ3) is 4.20. The van der Waals surface area contributed by atoms with E-state index in [0.717, 1.165) is 45.1 Å². The number of nitrogens with one attached hydrogen (secondary N) is 1. The highest BCUT2D eigenvalue weighted by atomic mass is 32.1. The Labute approximate surface area is 198 Å². The highest BCUT2D eigenvalue weighted by molar-refractivity contribution is 7.15. The Balaban J connectivity index is 1.36. The Morgan fingerprint density at radius 2 is 1.88 bits per heavy atom. The van der Waals surface area contributed by atoms with Crippen LogP contribution in [0.3, 0.4) is 0 Å². The molecule has 6 heteroatoms. The number of benzene rings is 2. The van der Waals surface area contributed by atoms with E-state index in [9.17, 15) is 9.59 Å². The molecule has 0 spiro atoms. The molecule has 1 N–H and O–H groups in total. The summed E-state index contributed by atoms with van der Waals surface area (Å²) in [6.07, 6.45) is 1.13. The summed E-state index contributed by atoms with van der Waals surface area (Å²) >= 11 is 1.57. The van der Waals surface area contributed by atoms with Crippen LogP contribution in [0.1, 0.15) is 49.0 Å². The fourth-order valence-electron chi connectivity index (χ4n) is 5.03. The molecule has 5 rings (SSSR count). The molecule has 33 heavy (non-hydrogen) atoms. The van der Waals surface area contributed by atoms with Gasteiger partial charge in [0.2, 0.25) is 0 Å². The van der Waals surface area contributed by atoms with Crippen molar-refractivity contribution in [2.45, 2.75) is 40.2 Å². The number of nitrogens with zero attached hydrogens (tertiary/aromatic N) is 2. The first-order valence-electron chi connectivity index (χ1n) is 11.5. The predicted octanol–water partition coefficient (Wildman–Crippen LogP) is 4.93. The number of piperidine rings is 1. The zero-order valence-electron chi connectivity index (χ0n) is 19.5. The van der Waals surface area contributed by atoms with E-state index >= 15 is 0 Å². The maximum absolute atomic E-state index is 13.7. The predicted molar refractivity (Wildman–Crippen MR) is 132 cm³/mol. The molecular weight excluding hydrogens is 430 g/mol. The van der Waals surface area contributed by atoms with E-state index in [1.165, 1.54) is 0 Å². The summed E-state index contributed by atoms with van der Waals surface area (Å²) in [5.41, 5.74) is 5.46. The number of aromatic nitrogens is 1. The Morgan fingerprint density at radius 1 is 1.09 bits per heavy atom. The molecule has 0 radical (unpaired) electrons. The SMILES string of the molecule is Cc1cccc(-c2sc(C)nc2C(=O)N2C[C@@H]3C[C@@H]3[C@H]2CNC(=O)c2cc(C)ccc2C)c1. The summed E-state index contributed by atoms with van der Waals surface area (Å²) in [6, 6.07) is 14.2. The molecule has 1 aliphatic heterocycles. The summed E-state index contributed by atoms with van der Waals surface area (Å²) in [4.78, 5) is 34.1. The van der Waals surface area contributed by atoms with Gasteiger partial charge < -0.3 is 10.2 Å². The number of hydrogen-bond donors (Lipinski definition) is 1. The van der Waals surface area contributed by atoms with Gasteiger partial charge in [0.15, 0.2) is 0 Å². The van der Waals surface area contributed by atoms with E-state index in [4.69, 9.17) is 0 Å². The van der Waals surface area contributed by atoms with Gasteiger partial charge in [-0.2, -0.15) is 0 Å². The number of amides is 2. The van der Waals surface area contributed by atoms with Crippen LogP contribution < -0.4 is 5.32 Å². The first-order valence-corrected chi connectivity index (χ1v) is 12.3. The average Bonchev–Trinajstić information content (AvgIpc) is 3.30. The molecule has 1 saturated heterocycles. The van der Waals surface area contributed by atoms with Crippen molar-refractivity contribution >= 4 is 23.2 Å². The highest BCUT2D eigenvalue weighted by Gasteiger charge is 2.54. The minimum Gasteiger partial charge on any atom is -0.350 e. The Kier molecular flexibility index (Phi) is 5.57. The van der Waals surface area contributed by atoms with Crippen molar-refractivity contribution in [3.8, 4) is 10.4 Å². The molecule has 2 fully saturated rings. The van der Waals surface area contributed by atoms with Crippen molar-refractivity contribution in [3.05, 3.63) is 75.4 Å². The number of hydrogen-bond acceptors (Lipinski definition) is 4. The zero-order valence-corrected chi connectivity index (χ0v) is 20.3. The normalized spacial score (nSPS) is 21.1. The lowest BCUT2D eigenvalue weighted by atomic mass is 10.0. The van der Waals surface area contributed by atoms with Gasteiger partial charge in [0.1, 0.15) is 5.69 Å². The summed E-state index contributed by atoms with van der Waals surface area (Å²) in [6.45, 7) is 9.17. The van der Waals surface area contributed by atoms with Crippen LogP contribution in [-0.4, -0.2) is 40.8 Å². The van der Waals surface area contributed by atoms with E-state index in [1.54, 1.807) is 11.3 Å². The molecule has 170 valence electrons. The molecule has 1 aliphatic carbocycles. The van der Waals surface area contributed by atoms with E-state index in [1.807, 2.05) is 56.0 Å². The summed E-state index contributed by atoms with van der Waals surface area (Å²) < 4.78 is 0. The van der Waals surface area contributed by atoms with Crippen LogP contribution in [0.25, 0.3) is 10.4 Å². The third-order valence-corrected chi connectivity index (χ3v) is 7.91. The van der Waals surface area contributed by atoms with Gasteiger partial charge in [-0.15, -0.1) is 11.3 Å². The quantitative estimate of drug-likeness (QED) is 0.588. The monoisotopic (exact) mass is 459 g/mol. The van der Waals surface area contributed by atoms with Crippen LogP contribution in [0.5, 0.6) is 0 Å². The van der Waals surface area contributed by atoms with Crippen LogP contribution in [-0.2, 0) is 0 Å². The number of carbonyl (C=O) groups is 2. The Hall–Kier alpha value is -2.99. The molecule has 3 aromatic rings. The van der Waals surface area contributed by atoms with E-state index in [-0.39, 0.29) is 17.9 Å². The molecule has 0 bridgehead atoms. The van der Waals surface area contributed by atoms with Gasteiger partial charge in [-0.1, -0.05) is 47.5 Å². The van der Waals surface area contributed by atoms with Gasteiger partial charge in [-0.25, -0.2) is 4.98 Å². The van der Waals surface area contributed by atoms with Crippen molar-refractivity contribution in [1.82, 2.24) is 15.2 Å². The van der Waals surface area contributed by atoms with Gasteiger partial charge in [0, 0.05) is 18.7 Å². The fourth-order valence-corrected chi connectivity index (χ4v) is 5.94. The summed E-state index contributed by atoms with van der Waals surface area (Å²) in [5, 5.41) is 4.00. The standard InChI is InChI=1S/C27H29N3O2S/c1-15-6-5-7-19(10-15)25-24(29-18(4)33-25)27(32)30-14-20-12-22(20)23(30)13-28-26(31)21-11-16(2)8-9-17(21)3/h5-11,20,22-23H,12-14H2,1-4H3,(H,28,31)/t20-,22-,23+/m0/s1.